The second-order valence-electron chi connectivity index (χ2n) is 12.3. The lowest BCUT2D eigenvalue weighted by Crippen LogP contribution is -2.56. The first kappa shape index (κ1) is 34.8. The molecule has 3 aromatic carbocycles. The molecule has 0 spiro atoms. The Bertz CT molecular complexity index is 1610. The van der Waals surface area contributed by atoms with E-state index >= 15 is 0 Å². The highest BCUT2D eigenvalue weighted by molar-refractivity contribution is 6.38. The largest absolute Gasteiger partial charge is 0.368 e. The van der Waals surface area contributed by atoms with Crippen LogP contribution < -0.4 is 27.0 Å². The molecule has 4 atom stereocenters. The number of ketones is 1. The zero-order valence-corrected chi connectivity index (χ0v) is 26.8. The smallest absolute Gasteiger partial charge is 0.290 e. The van der Waals surface area contributed by atoms with Crippen LogP contribution in [0.4, 0.5) is 0 Å². The molecule has 0 radical (unpaired) electrons. The van der Waals surface area contributed by atoms with Crippen LogP contribution in [0, 0.1) is 11.8 Å². The van der Waals surface area contributed by atoms with Crippen molar-refractivity contribution in [3.63, 3.8) is 0 Å². The van der Waals surface area contributed by atoms with Crippen molar-refractivity contribution < 1.29 is 28.8 Å². The van der Waals surface area contributed by atoms with E-state index in [1.54, 1.807) is 6.92 Å². The summed E-state index contributed by atoms with van der Waals surface area (Å²) in [4.78, 5) is 77.2. The Labute approximate surface area is 274 Å². The number of carbonyl (C=O) groups is 6. The average molecular weight is 642 g/mol. The Balaban J connectivity index is 1.33. The van der Waals surface area contributed by atoms with Gasteiger partial charge in [0.25, 0.3) is 5.91 Å². The first-order valence-corrected chi connectivity index (χ1v) is 16.1. The van der Waals surface area contributed by atoms with E-state index in [2.05, 4.69) is 21.3 Å². The quantitative estimate of drug-likeness (QED) is 0.141. The van der Waals surface area contributed by atoms with Crippen molar-refractivity contribution in [3.8, 4) is 0 Å². The van der Waals surface area contributed by atoms with Crippen LogP contribution in [-0.2, 0) is 41.6 Å². The number of hydrogen-bond acceptors (Lipinski definition) is 6. The summed E-state index contributed by atoms with van der Waals surface area (Å²) < 4.78 is 0. The first-order chi connectivity index (χ1) is 22.5. The van der Waals surface area contributed by atoms with Gasteiger partial charge in [-0.15, -0.1) is 0 Å². The molecule has 1 saturated carbocycles. The van der Waals surface area contributed by atoms with Gasteiger partial charge in [0.1, 0.15) is 12.1 Å². The lowest BCUT2D eigenvalue weighted by Gasteiger charge is -2.26. The average Bonchev–Trinajstić information content (AvgIpc) is 3.89. The molecule has 0 aliphatic heterocycles. The third kappa shape index (κ3) is 10.5. The highest BCUT2D eigenvalue weighted by Crippen LogP contribution is 2.33. The third-order valence-electron chi connectivity index (χ3n) is 8.48. The molecule has 11 heteroatoms. The van der Waals surface area contributed by atoms with E-state index in [4.69, 9.17) is 5.73 Å². The van der Waals surface area contributed by atoms with Crippen LogP contribution in [0.3, 0.4) is 0 Å². The molecule has 0 aromatic heterocycles. The summed E-state index contributed by atoms with van der Waals surface area (Å²) in [6.07, 6.45) is 3.06. The Morgan fingerprint density at radius 1 is 0.787 bits per heavy atom. The maximum atomic E-state index is 13.4. The molecule has 1 fully saturated rings. The third-order valence-corrected chi connectivity index (χ3v) is 8.48. The van der Waals surface area contributed by atoms with Crippen LogP contribution in [0.2, 0.25) is 0 Å². The normalized spacial score (nSPS) is 15.0. The van der Waals surface area contributed by atoms with E-state index in [1.165, 1.54) is 0 Å². The van der Waals surface area contributed by atoms with Gasteiger partial charge in [0.05, 0.1) is 19.0 Å². The van der Waals surface area contributed by atoms with Crippen molar-refractivity contribution in [2.75, 3.05) is 6.54 Å². The number of fused-ring (bicyclic) bond motifs is 1. The van der Waals surface area contributed by atoms with E-state index in [0.717, 1.165) is 34.7 Å². The zero-order chi connectivity index (χ0) is 33.9. The van der Waals surface area contributed by atoms with E-state index < -0.39 is 60.0 Å². The molecule has 47 heavy (non-hydrogen) atoms. The fourth-order valence-corrected chi connectivity index (χ4v) is 5.36. The van der Waals surface area contributed by atoms with Gasteiger partial charge in [-0.25, -0.2) is 0 Å². The van der Waals surface area contributed by atoms with Crippen molar-refractivity contribution in [1.82, 2.24) is 21.3 Å². The van der Waals surface area contributed by atoms with Crippen LogP contribution >= 0.6 is 0 Å². The lowest BCUT2D eigenvalue weighted by atomic mass is 9.94. The molecule has 1 aliphatic rings. The molecule has 3 aromatic rings. The number of hydrogen-bond donors (Lipinski definition) is 5. The Hall–Kier alpha value is -5.06. The molecule has 0 heterocycles. The number of rotatable bonds is 17. The predicted molar refractivity (Wildman–Crippen MR) is 178 cm³/mol. The Kier molecular flexibility index (Phi) is 12.2. The minimum absolute atomic E-state index is 0.104. The fourth-order valence-electron chi connectivity index (χ4n) is 5.36. The summed E-state index contributed by atoms with van der Waals surface area (Å²) in [5.74, 6) is -4.38. The highest BCUT2D eigenvalue weighted by Gasteiger charge is 2.36. The Morgan fingerprint density at radius 2 is 1.45 bits per heavy atom. The molecule has 4 unspecified atom stereocenters. The molecule has 248 valence electrons. The van der Waals surface area contributed by atoms with E-state index in [0.29, 0.717) is 18.8 Å². The molecule has 6 N–H and O–H groups in total. The maximum absolute atomic E-state index is 13.4. The molecule has 4 rings (SSSR count). The summed E-state index contributed by atoms with van der Waals surface area (Å²) in [5.41, 5.74) is 7.14. The molecular weight excluding hydrogens is 598 g/mol. The standard InChI is InChI=1S/C36H43N5O6/c1-3-22(2)32(41-35(46)29(18-24-13-14-24)40-30(42)20-23-9-5-4-6-10-23)33(44)36(47)38-21-31(43)39-28(34(37)45)19-25-15-16-26-11-7-8-12-27(26)17-25/h4-12,15-17,22,24,28-29,32H,3,13-14,18-21H2,1-2H3,(H2,37,45)(H,38,47)(H,39,43)(H,40,42)(H,41,46). The van der Waals surface area contributed by atoms with Crippen LogP contribution in [-0.4, -0.2) is 60.0 Å². The monoisotopic (exact) mass is 641 g/mol. The number of nitrogens with two attached hydrogens (primary N) is 1. The topological polar surface area (TPSA) is 177 Å². The number of primary amides is 1. The van der Waals surface area contributed by atoms with Crippen LogP contribution in [0.15, 0.2) is 72.8 Å². The summed E-state index contributed by atoms with van der Waals surface area (Å²) in [7, 11) is 0. The number of benzene rings is 3. The van der Waals surface area contributed by atoms with Gasteiger partial charge in [0.15, 0.2) is 0 Å². The number of Topliss-reactive ketones (excluding diaryl/α,β-unsaturated/α-hetero) is 1. The van der Waals surface area contributed by atoms with Gasteiger partial charge in [0, 0.05) is 6.42 Å². The molecule has 0 saturated heterocycles. The lowest BCUT2D eigenvalue weighted by molar-refractivity contribution is -0.142. The van der Waals surface area contributed by atoms with Crippen molar-refractivity contribution in [2.24, 2.45) is 17.6 Å². The zero-order valence-electron chi connectivity index (χ0n) is 26.8. The van der Waals surface area contributed by atoms with Crippen molar-refractivity contribution in [3.05, 3.63) is 83.9 Å². The van der Waals surface area contributed by atoms with E-state index in [-0.39, 0.29) is 18.7 Å². The molecule has 1 aliphatic carbocycles. The van der Waals surface area contributed by atoms with E-state index in [9.17, 15) is 28.8 Å². The van der Waals surface area contributed by atoms with E-state index in [1.807, 2.05) is 79.7 Å². The van der Waals surface area contributed by atoms with Crippen LogP contribution in [0.1, 0.15) is 50.7 Å². The minimum Gasteiger partial charge on any atom is -0.368 e. The number of carbonyl (C=O) groups excluding carboxylic acids is 6. The van der Waals surface area contributed by atoms with Gasteiger partial charge in [-0.2, -0.15) is 0 Å². The predicted octanol–water partition coefficient (Wildman–Crippen LogP) is 2.10. The van der Waals surface area contributed by atoms with Gasteiger partial charge in [-0.3, -0.25) is 28.8 Å². The summed E-state index contributed by atoms with van der Waals surface area (Å²) in [6, 6.07) is 19.5. The van der Waals surface area contributed by atoms with Crippen molar-refractivity contribution >= 4 is 46.1 Å². The van der Waals surface area contributed by atoms with Gasteiger partial charge >= 0.3 is 0 Å². The number of amides is 5. The highest BCUT2D eigenvalue weighted by atomic mass is 16.2. The fraction of sp³-hybridized carbons (Fsp3) is 0.389. The minimum atomic E-state index is -1.17. The van der Waals surface area contributed by atoms with Gasteiger partial charge in [-0.05, 0) is 40.2 Å². The SMILES string of the molecule is CCC(C)C(NC(=O)C(CC1CC1)NC(=O)Cc1ccccc1)C(=O)C(=O)NCC(=O)NC(Cc1ccc2ccccc2c1)C(N)=O. The summed E-state index contributed by atoms with van der Waals surface area (Å²) in [5, 5.41) is 12.3. The maximum Gasteiger partial charge on any atom is 0.290 e. The van der Waals surface area contributed by atoms with Crippen LogP contribution in [0.25, 0.3) is 10.8 Å². The van der Waals surface area contributed by atoms with Gasteiger partial charge < -0.3 is 27.0 Å². The molecule has 11 nitrogen and oxygen atoms in total. The Morgan fingerprint density at radius 3 is 2.11 bits per heavy atom. The van der Waals surface area contributed by atoms with Crippen molar-refractivity contribution in [1.29, 1.82) is 0 Å². The molecule has 5 amide bonds. The first-order valence-electron chi connectivity index (χ1n) is 16.1. The van der Waals surface area contributed by atoms with Crippen LogP contribution in [0.5, 0.6) is 0 Å². The van der Waals surface area contributed by atoms with Gasteiger partial charge in [-0.1, -0.05) is 106 Å². The molecule has 0 bridgehead atoms. The summed E-state index contributed by atoms with van der Waals surface area (Å²) >= 11 is 0. The summed E-state index contributed by atoms with van der Waals surface area (Å²) in [6.45, 7) is 2.98. The number of nitrogens with one attached hydrogen (secondary N) is 4. The second-order valence-corrected chi connectivity index (χ2v) is 12.3. The molecular formula is C36H43N5O6. The van der Waals surface area contributed by atoms with Gasteiger partial charge in [0.2, 0.25) is 29.4 Å². The second kappa shape index (κ2) is 16.5. The van der Waals surface area contributed by atoms with Crippen molar-refractivity contribution in [2.45, 2.75) is 70.5 Å².